The third-order valence-electron chi connectivity index (χ3n) is 4.17. The summed E-state index contributed by atoms with van der Waals surface area (Å²) in [7, 11) is 2.90. The lowest BCUT2D eigenvalue weighted by atomic mass is 10.3. The average Bonchev–Trinajstić information content (AvgIpc) is 2.70. The lowest BCUT2D eigenvalue weighted by molar-refractivity contribution is -0.116. The van der Waals surface area contributed by atoms with Gasteiger partial charge >= 0.3 is 5.69 Å². The van der Waals surface area contributed by atoms with Crippen LogP contribution in [0.25, 0.3) is 11.0 Å². The zero-order valence-corrected chi connectivity index (χ0v) is 15.8. The number of hydrogen-bond donors (Lipinski definition) is 1. The number of aromatic nitrogens is 3. The van der Waals surface area contributed by atoms with E-state index in [2.05, 4.69) is 10.3 Å². The second kappa shape index (κ2) is 7.95. The van der Waals surface area contributed by atoms with Crippen LogP contribution in [0.1, 0.15) is 6.92 Å². The van der Waals surface area contributed by atoms with E-state index in [-0.39, 0.29) is 16.8 Å². The van der Waals surface area contributed by atoms with Crippen LogP contribution in [0.4, 0.5) is 5.69 Å². The third-order valence-corrected chi connectivity index (χ3v) is 4.17. The van der Waals surface area contributed by atoms with Gasteiger partial charge in [-0.05, 0) is 25.1 Å². The van der Waals surface area contributed by atoms with Crippen molar-refractivity contribution in [3.05, 3.63) is 57.4 Å². The maximum Gasteiger partial charge on any atom is 0.332 e. The number of hydrogen-bond acceptors (Lipinski definition) is 6. The smallest absolute Gasteiger partial charge is 0.332 e. The van der Waals surface area contributed by atoms with Crippen LogP contribution < -0.4 is 26.0 Å². The fraction of sp³-hybridized carbons (Fsp3) is 0.263. The molecule has 1 amide bonds. The van der Waals surface area contributed by atoms with Crippen LogP contribution >= 0.6 is 0 Å². The summed E-state index contributed by atoms with van der Waals surface area (Å²) >= 11 is 0. The number of rotatable bonds is 6. The normalized spacial score (nSPS) is 10.7. The first kappa shape index (κ1) is 19.2. The Bertz CT molecular complexity index is 1150. The maximum absolute atomic E-state index is 12.9. The van der Waals surface area contributed by atoms with Gasteiger partial charge in [-0.2, -0.15) is 0 Å². The van der Waals surface area contributed by atoms with E-state index in [1.165, 1.54) is 31.0 Å². The number of amides is 1. The van der Waals surface area contributed by atoms with Crippen molar-refractivity contribution in [2.75, 3.05) is 19.0 Å². The van der Waals surface area contributed by atoms with Gasteiger partial charge in [0.1, 0.15) is 23.4 Å². The Morgan fingerprint density at radius 2 is 1.93 bits per heavy atom. The van der Waals surface area contributed by atoms with Crippen LogP contribution in [-0.4, -0.2) is 33.7 Å². The van der Waals surface area contributed by atoms with Crippen LogP contribution in [0, 0.1) is 0 Å². The Kier molecular flexibility index (Phi) is 5.44. The summed E-state index contributed by atoms with van der Waals surface area (Å²) in [6.07, 6.45) is 1.45. The fourth-order valence-corrected chi connectivity index (χ4v) is 2.88. The maximum atomic E-state index is 12.9. The molecule has 2 heterocycles. The highest BCUT2D eigenvalue weighted by Gasteiger charge is 2.18. The fourth-order valence-electron chi connectivity index (χ4n) is 2.88. The number of carbonyl (C=O) groups excluding carboxylic acids is 1. The van der Waals surface area contributed by atoms with Gasteiger partial charge in [-0.1, -0.05) is 12.1 Å². The number of ether oxygens (including phenoxy) is 2. The highest BCUT2D eigenvalue weighted by Crippen LogP contribution is 2.23. The van der Waals surface area contributed by atoms with Crippen molar-refractivity contribution in [3.63, 3.8) is 0 Å². The molecular formula is C19H20N4O5. The number of carbonyl (C=O) groups is 1. The van der Waals surface area contributed by atoms with Gasteiger partial charge in [-0.25, -0.2) is 14.3 Å². The number of anilines is 1. The topological polar surface area (TPSA) is 104 Å². The van der Waals surface area contributed by atoms with Gasteiger partial charge in [0.15, 0.2) is 5.65 Å². The molecule has 0 aliphatic rings. The van der Waals surface area contributed by atoms with Crippen molar-refractivity contribution in [1.29, 1.82) is 0 Å². The van der Waals surface area contributed by atoms with Crippen molar-refractivity contribution in [2.45, 2.75) is 13.5 Å². The van der Waals surface area contributed by atoms with Gasteiger partial charge < -0.3 is 14.8 Å². The SMILES string of the molecule is CCOc1ccccc1NC(=O)Cn1c(=O)c2c(OC)ccnc2n(C)c1=O. The van der Waals surface area contributed by atoms with E-state index in [1.807, 2.05) is 6.92 Å². The Morgan fingerprint density at radius 3 is 2.64 bits per heavy atom. The van der Waals surface area contributed by atoms with Crippen molar-refractivity contribution in [1.82, 2.24) is 14.1 Å². The molecule has 3 rings (SSSR count). The Labute approximate surface area is 160 Å². The van der Waals surface area contributed by atoms with E-state index in [9.17, 15) is 14.4 Å². The van der Waals surface area contributed by atoms with Crippen molar-refractivity contribution < 1.29 is 14.3 Å². The van der Waals surface area contributed by atoms with Gasteiger partial charge in [0.2, 0.25) is 5.91 Å². The highest BCUT2D eigenvalue weighted by atomic mass is 16.5. The van der Waals surface area contributed by atoms with Crippen LogP contribution in [-0.2, 0) is 18.4 Å². The lowest BCUT2D eigenvalue weighted by Crippen LogP contribution is -2.42. The molecule has 2 aromatic heterocycles. The van der Waals surface area contributed by atoms with Crippen molar-refractivity contribution in [3.8, 4) is 11.5 Å². The summed E-state index contributed by atoms with van der Waals surface area (Å²) in [5.74, 6) is 0.248. The van der Waals surface area contributed by atoms with Crippen molar-refractivity contribution >= 4 is 22.6 Å². The zero-order chi connectivity index (χ0) is 20.3. The van der Waals surface area contributed by atoms with Crippen molar-refractivity contribution in [2.24, 2.45) is 7.05 Å². The number of aryl methyl sites for hydroxylation is 1. The molecular weight excluding hydrogens is 364 g/mol. The molecule has 0 atom stereocenters. The summed E-state index contributed by atoms with van der Waals surface area (Å²) in [5, 5.41) is 2.81. The van der Waals surface area contributed by atoms with Crippen LogP contribution in [0.2, 0.25) is 0 Å². The van der Waals surface area contributed by atoms with E-state index < -0.39 is 23.7 Å². The second-order valence-corrected chi connectivity index (χ2v) is 5.92. The molecule has 9 nitrogen and oxygen atoms in total. The molecule has 1 aromatic carbocycles. The van der Waals surface area contributed by atoms with Gasteiger partial charge in [-0.15, -0.1) is 0 Å². The van der Waals surface area contributed by atoms with E-state index >= 15 is 0 Å². The summed E-state index contributed by atoms with van der Waals surface area (Å²) in [6.45, 7) is 1.81. The van der Waals surface area contributed by atoms with E-state index in [4.69, 9.17) is 9.47 Å². The number of methoxy groups -OCH3 is 1. The second-order valence-electron chi connectivity index (χ2n) is 5.92. The van der Waals surface area contributed by atoms with E-state index in [0.717, 1.165) is 4.57 Å². The molecule has 0 spiro atoms. The first-order valence-electron chi connectivity index (χ1n) is 8.62. The minimum atomic E-state index is -0.647. The molecule has 0 aliphatic heterocycles. The molecule has 1 N–H and O–H groups in total. The van der Waals surface area contributed by atoms with Gasteiger partial charge in [0, 0.05) is 13.2 Å². The summed E-state index contributed by atoms with van der Waals surface area (Å²) in [5.41, 5.74) is -0.644. The molecule has 0 unspecified atom stereocenters. The molecule has 0 saturated carbocycles. The van der Waals surface area contributed by atoms with Gasteiger partial charge in [-0.3, -0.25) is 14.2 Å². The standard InChI is InChI=1S/C19H20N4O5/c1-4-28-13-8-6-5-7-12(13)21-15(24)11-23-18(25)16-14(27-3)9-10-20-17(16)22(2)19(23)26/h5-10H,4,11H2,1-3H3,(H,21,24). The molecule has 28 heavy (non-hydrogen) atoms. The monoisotopic (exact) mass is 384 g/mol. The number of pyridine rings is 1. The van der Waals surface area contributed by atoms with Gasteiger partial charge in [0.05, 0.1) is 19.4 Å². The Balaban J connectivity index is 2.00. The van der Waals surface area contributed by atoms with E-state index in [1.54, 1.807) is 24.3 Å². The Morgan fingerprint density at radius 1 is 1.18 bits per heavy atom. The number of nitrogens with zero attached hydrogens (tertiary/aromatic N) is 3. The number of nitrogens with one attached hydrogen (secondary N) is 1. The van der Waals surface area contributed by atoms with Gasteiger partial charge in [0.25, 0.3) is 5.56 Å². The van der Waals surface area contributed by atoms with E-state index in [0.29, 0.717) is 18.0 Å². The average molecular weight is 384 g/mol. The van der Waals surface area contributed by atoms with Crippen LogP contribution in [0.3, 0.4) is 0 Å². The third kappa shape index (κ3) is 3.46. The summed E-state index contributed by atoms with van der Waals surface area (Å²) < 4.78 is 12.7. The predicted octanol–water partition coefficient (Wildman–Crippen LogP) is 1.14. The minimum Gasteiger partial charge on any atom is -0.496 e. The number of benzene rings is 1. The predicted molar refractivity (Wildman–Crippen MR) is 104 cm³/mol. The first-order valence-corrected chi connectivity index (χ1v) is 8.62. The molecule has 9 heteroatoms. The van der Waals surface area contributed by atoms with Crippen LogP contribution in [0.15, 0.2) is 46.1 Å². The molecule has 0 bridgehead atoms. The highest BCUT2D eigenvalue weighted by molar-refractivity contribution is 5.92. The largest absolute Gasteiger partial charge is 0.496 e. The van der Waals surface area contributed by atoms with Crippen LogP contribution in [0.5, 0.6) is 11.5 Å². The quantitative estimate of drug-likeness (QED) is 0.683. The minimum absolute atomic E-state index is 0.134. The summed E-state index contributed by atoms with van der Waals surface area (Å²) in [6, 6.07) is 8.45. The molecule has 0 aliphatic carbocycles. The molecule has 0 fully saturated rings. The zero-order valence-electron chi connectivity index (χ0n) is 15.8. The first-order chi connectivity index (χ1) is 13.5. The number of fused-ring (bicyclic) bond motifs is 1. The molecule has 3 aromatic rings. The Hall–Kier alpha value is -3.62. The molecule has 146 valence electrons. The molecule has 0 radical (unpaired) electrons. The lowest BCUT2D eigenvalue weighted by Gasteiger charge is -2.13. The summed E-state index contributed by atoms with van der Waals surface area (Å²) in [4.78, 5) is 42.1. The molecule has 0 saturated heterocycles. The number of para-hydroxylation sites is 2.